The van der Waals surface area contributed by atoms with Crippen LogP contribution in [0, 0.1) is 0 Å². The van der Waals surface area contributed by atoms with Crippen molar-refractivity contribution in [3.05, 3.63) is 83.2 Å². The van der Waals surface area contributed by atoms with Gasteiger partial charge in [-0.2, -0.15) is 0 Å². The molecule has 0 unspecified atom stereocenters. The van der Waals surface area contributed by atoms with Gasteiger partial charge in [0, 0.05) is 0 Å². The van der Waals surface area contributed by atoms with Crippen molar-refractivity contribution in [3.8, 4) is 0 Å². The molecule has 1 saturated heterocycles. The van der Waals surface area contributed by atoms with Crippen LogP contribution >= 0.6 is 0 Å². The summed E-state index contributed by atoms with van der Waals surface area (Å²) in [4.78, 5) is 4.72. The summed E-state index contributed by atoms with van der Waals surface area (Å²) in [5.74, 6) is 1.43. The number of hydrogen-bond donors (Lipinski definition) is 1. The Morgan fingerprint density at radius 1 is 0.917 bits per heavy atom. The van der Waals surface area contributed by atoms with Gasteiger partial charge in [-0.05, 0) is 18.1 Å². The number of aliphatic imine (C=N–C) groups is 1. The van der Waals surface area contributed by atoms with Crippen LogP contribution in [0.1, 0.15) is 30.1 Å². The fourth-order valence-electron chi connectivity index (χ4n) is 3.01. The second kappa shape index (κ2) is 6.40. The van der Waals surface area contributed by atoms with Crippen molar-refractivity contribution in [3.63, 3.8) is 0 Å². The molecule has 0 aromatic heterocycles. The molecule has 2 heterocycles. The third-order valence-corrected chi connectivity index (χ3v) is 4.40. The first-order valence-corrected chi connectivity index (χ1v) is 8.22. The maximum absolute atomic E-state index is 5.84. The van der Waals surface area contributed by atoms with E-state index in [1.165, 1.54) is 11.1 Å². The number of hydrogen-bond acceptors (Lipinski definition) is 4. The SMILES string of the molecule is C/C(C1=N[C@@H](c2ccccc2)CO1)=C1\N[C@@H](c2ccccc2)CO1. The van der Waals surface area contributed by atoms with Gasteiger partial charge in [0.25, 0.3) is 0 Å². The van der Waals surface area contributed by atoms with Gasteiger partial charge in [0.15, 0.2) is 5.88 Å². The molecule has 0 spiro atoms. The lowest BCUT2D eigenvalue weighted by atomic mass is 10.1. The van der Waals surface area contributed by atoms with E-state index >= 15 is 0 Å². The van der Waals surface area contributed by atoms with Gasteiger partial charge in [0.1, 0.15) is 19.3 Å². The Balaban J connectivity index is 1.51. The van der Waals surface area contributed by atoms with Crippen LogP contribution in [0.15, 0.2) is 77.1 Å². The highest BCUT2D eigenvalue weighted by atomic mass is 16.5. The van der Waals surface area contributed by atoms with Crippen molar-refractivity contribution in [2.45, 2.75) is 19.0 Å². The molecule has 122 valence electrons. The summed E-state index contributed by atoms with van der Waals surface area (Å²) in [6.07, 6.45) is 0. The Morgan fingerprint density at radius 2 is 1.58 bits per heavy atom. The fourth-order valence-corrected chi connectivity index (χ4v) is 3.01. The summed E-state index contributed by atoms with van der Waals surface area (Å²) in [5, 5.41) is 3.44. The van der Waals surface area contributed by atoms with E-state index < -0.39 is 0 Å². The number of nitrogens with zero attached hydrogens (tertiary/aromatic N) is 1. The second-order valence-corrected chi connectivity index (χ2v) is 6.04. The van der Waals surface area contributed by atoms with E-state index in [4.69, 9.17) is 14.5 Å². The van der Waals surface area contributed by atoms with Gasteiger partial charge >= 0.3 is 0 Å². The van der Waals surface area contributed by atoms with Gasteiger partial charge < -0.3 is 14.8 Å². The van der Waals surface area contributed by atoms with Crippen molar-refractivity contribution >= 4 is 5.90 Å². The molecule has 0 amide bonds. The third kappa shape index (κ3) is 2.87. The van der Waals surface area contributed by atoms with E-state index in [0.29, 0.717) is 19.1 Å². The Morgan fingerprint density at radius 3 is 2.29 bits per heavy atom. The molecule has 1 N–H and O–H groups in total. The molecular weight excluding hydrogens is 300 g/mol. The molecule has 2 aromatic carbocycles. The van der Waals surface area contributed by atoms with Crippen LogP contribution in [0.3, 0.4) is 0 Å². The highest BCUT2D eigenvalue weighted by Gasteiger charge is 2.28. The van der Waals surface area contributed by atoms with Crippen LogP contribution in [-0.4, -0.2) is 19.1 Å². The molecule has 2 aromatic rings. The first-order valence-electron chi connectivity index (χ1n) is 8.22. The fraction of sp³-hybridized carbons (Fsp3) is 0.250. The molecule has 4 rings (SSSR count). The molecule has 2 aliphatic heterocycles. The summed E-state index contributed by atoms with van der Waals surface area (Å²) in [6, 6.07) is 20.8. The molecular formula is C20H20N2O2. The summed E-state index contributed by atoms with van der Waals surface area (Å²) in [6.45, 7) is 3.18. The van der Waals surface area contributed by atoms with Gasteiger partial charge in [-0.3, -0.25) is 0 Å². The van der Waals surface area contributed by atoms with Crippen LogP contribution < -0.4 is 5.32 Å². The quantitative estimate of drug-likeness (QED) is 0.936. The Bertz CT molecular complexity index is 769. The van der Waals surface area contributed by atoms with E-state index in [1.54, 1.807) is 0 Å². The zero-order valence-electron chi connectivity index (χ0n) is 13.6. The van der Waals surface area contributed by atoms with Crippen LogP contribution in [-0.2, 0) is 9.47 Å². The topological polar surface area (TPSA) is 42.8 Å². The minimum absolute atomic E-state index is 0.0584. The Hall–Kier alpha value is -2.75. The molecule has 2 aliphatic rings. The zero-order chi connectivity index (χ0) is 16.4. The molecule has 4 nitrogen and oxygen atoms in total. The summed E-state index contributed by atoms with van der Waals surface area (Å²) >= 11 is 0. The van der Waals surface area contributed by atoms with Crippen LogP contribution in [0.5, 0.6) is 0 Å². The number of nitrogens with one attached hydrogen (secondary N) is 1. The van der Waals surface area contributed by atoms with Crippen molar-refractivity contribution in [1.82, 2.24) is 5.32 Å². The van der Waals surface area contributed by atoms with Crippen molar-refractivity contribution in [1.29, 1.82) is 0 Å². The Kier molecular flexibility index (Phi) is 3.95. The average Bonchev–Trinajstić information content (AvgIpc) is 3.33. The normalized spacial score (nSPS) is 24.6. The van der Waals surface area contributed by atoms with E-state index in [-0.39, 0.29) is 12.1 Å². The highest BCUT2D eigenvalue weighted by molar-refractivity contribution is 5.94. The highest BCUT2D eigenvalue weighted by Crippen LogP contribution is 2.28. The van der Waals surface area contributed by atoms with Crippen LogP contribution in [0.4, 0.5) is 0 Å². The number of benzene rings is 2. The zero-order valence-corrected chi connectivity index (χ0v) is 13.6. The minimum Gasteiger partial charge on any atom is -0.476 e. The number of ether oxygens (including phenoxy) is 2. The summed E-state index contributed by atoms with van der Waals surface area (Å²) in [5.41, 5.74) is 3.32. The first kappa shape index (κ1) is 14.8. The van der Waals surface area contributed by atoms with Gasteiger partial charge in [0.2, 0.25) is 5.90 Å². The lowest BCUT2D eigenvalue weighted by Gasteiger charge is -2.09. The maximum Gasteiger partial charge on any atom is 0.217 e. The summed E-state index contributed by atoms with van der Waals surface area (Å²) in [7, 11) is 0. The second-order valence-electron chi connectivity index (χ2n) is 6.04. The minimum atomic E-state index is 0.0584. The first-order chi connectivity index (χ1) is 11.8. The maximum atomic E-state index is 5.84. The molecule has 0 bridgehead atoms. The van der Waals surface area contributed by atoms with E-state index in [1.807, 2.05) is 43.3 Å². The summed E-state index contributed by atoms with van der Waals surface area (Å²) < 4.78 is 11.7. The lowest BCUT2D eigenvalue weighted by molar-refractivity contribution is 0.250. The molecule has 2 atom stereocenters. The van der Waals surface area contributed by atoms with Crippen molar-refractivity contribution < 1.29 is 9.47 Å². The van der Waals surface area contributed by atoms with E-state index in [2.05, 4.69) is 29.6 Å². The molecule has 0 saturated carbocycles. The smallest absolute Gasteiger partial charge is 0.217 e. The molecule has 0 radical (unpaired) electrons. The molecule has 0 aliphatic carbocycles. The predicted molar refractivity (Wildman–Crippen MR) is 93.5 cm³/mol. The van der Waals surface area contributed by atoms with Crippen LogP contribution in [0.2, 0.25) is 0 Å². The monoisotopic (exact) mass is 320 g/mol. The molecule has 24 heavy (non-hydrogen) atoms. The molecule has 1 fully saturated rings. The van der Waals surface area contributed by atoms with Crippen LogP contribution in [0.25, 0.3) is 0 Å². The molecule has 4 heteroatoms. The van der Waals surface area contributed by atoms with E-state index in [0.717, 1.165) is 11.5 Å². The van der Waals surface area contributed by atoms with E-state index in [9.17, 15) is 0 Å². The van der Waals surface area contributed by atoms with Gasteiger partial charge in [-0.1, -0.05) is 60.7 Å². The lowest BCUT2D eigenvalue weighted by Crippen LogP contribution is -2.16. The Labute approximate surface area is 141 Å². The van der Waals surface area contributed by atoms with Crippen molar-refractivity contribution in [2.24, 2.45) is 4.99 Å². The third-order valence-electron chi connectivity index (χ3n) is 4.40. The van der Waals surface area contributed by atoms with Gasteiger partial charge in [0.05, 0.1) is 11.6 Å². The predicted octanol–water partition coefficient (Wildman–Crippen LogP) is 3.75. The van der Waals surface area contributed by atoms with Gasteiger partial charge in [-0.15, -0.1) is 0 Å². The van der Waals surface area contributed by atoms with Crippen molar-refractivity contribution in [2.75, 3.05) is 13.2 Å². The largest absolute Gasteiger partial charge is 0.476 e. The van der Waals surface area contributed by atoms with Gasteiger partial charge in [-0.25, -0.2) is 4.99 Å². The average molecular weight is 320 g/mol. The number of rotatable bonds is 3. The standard InChI is InChI=1S/C20H20N2O2/c1-14(19-21-17(12-23-19)15-8-4-2-5-9-15)20-22-18(13-24-20)16-10-6-3-7-11-16/h2-11,17-18,21H,12-13H2,1H3/b19-14-/t17-,18-/m1/s1.